The Bertz CT molecular complexity index is 577. The van der Waals surface area contributed by atoms with Gasteiger partial charge in [0.05, 0.1) is 11.3 Å². The molecule has 1 unspecified atom stereocenters. The molecule has 0 radical (unpaired) electrons. The fraction of sp³-hybridized carbons (Fsp3) is 0.438. The number of rotatable bonds is 3. The molecule has 2 rings (SSSR count). The second-order valence-corrected chi connectivity index (χ2v) is 5.73. The van der Waals surface area contributed by atoms with E-state index < -0.39 is 5.60 Å². The number of aryl methyl sites for hydroxylation is 4. The average molecular weight is 258 g/mol. The molecule has 1 aromatic heterocycles. The highest BCUT2D eigenvalue weighted by Gasteiger charge is 2.25. The van der Waals surface area contributed by atoms with Crippen LogP contribution < -0.4 is 0 Å². The topological polar surface area (TPSA) is 38.1 Å². The molecule has 0 saturated carbocycles. The van der Waals surface area contributed by atoms with Crippen molar-refractivity contribution in [1.29, 1.82) is 0 Å². The van der Waals surface area contributed by atoms with Crippen molar-refractivity contribution in [2.75, 3.05) is 0 Å². The van der Waals surface area contributed by atoms with Crippen molar-refractivity contribution in [3.8, 4) is 0 Å². The second-order valence-electron chi connectivity index (χ2n) is 5.73. The molecule has 0 fully saturated rings. The van der Waals surface area contributed by atoms with E-state index in [1.165, 1.54) is 11.1 Å². The van der Waals surface area contributed by atoms with Crippen LogP contribution >= 0.6 is 0 Å². The lowest BCUT2D eigenvalue weighted by Gasteiger charge is -2.25. The van der Waals surface area contributed by atoms with Gasteiger partial charge in [0.15, 0.2) is 0 Å². The summed E-state index contributed by atoms with van der Waals surface area (Å²) in [7, 11) is 1.92. The van der Waals surface area contributed by atoms with Gasteiger partial charge in [-0.2, -0.15) is 5.10 Å². The minimum Gasteiger partial charge on any atom is -0.385 e. The zero-order valence-electron chi connectivity index (χ0n) is 12.4. The first-order chi connectivity index (χ1) is 8.78. The SMILES string of the molecule is Cc1cc(C)cc(C(C)(O)Cc2cc(C)nn2C)c1. The Balaban J connectivity index is 2.34. The number of hydrogen-bond donors (Lipinski definition) is 1. The lowest BCUT2D eigenvalue weighted by Crippen LogP contribution is -2.25. The van der Waals surface area contributed by atoms with Crippen LogP contribution in [0, 0.1) is 20.8 Å². The van der Waals surface area contributed by atoms with Crippen LogP contribution in [0.4, 0.5) is 0 Å². The summed E-state index contributed by atoms with van der Waals surface area (Å²) in [6, 6.07) is 8.25. The molecule has 1 aromatic carbocycles. The quantitative estimate of drug-likeness (QED) is 0.919. The number of nitrogens with zero attached hydrogens (tertiary/aromatic N) is 2. The van der Waals surface area contributed by atoms with Gasteiger partial charge in [0, 0.05) is 19.2 Å². The molecule has 2 aromatic rings. The molecule has 0 amide bonds. The average Bonchev–Trinajstić information content (AvgIpc) is 2.55. The third-order valence-electron chi connectivity index (χ3n) is 3.47. The van der Waals surface area contributed by atoms with Gasteiger partial charge in [-0.3, -0.25) is 4.68 Å². The molecule has 102 valence electrons. The smallest absolute Gasteiger partial charge is 0.0923 e. The van der Waals surface area contributed by atoms with Gasteiger partial charge in [0.1, 0.15) is 0 Å². The maximum atomic E-state index is 10.8. The summed E-state index contributed by atoms with van der Waals surface area (Å²) in [5.74, 6) is 0. The van der Waals surface area contributed by atoms with E-state index in [1.54, 1.807) is 0 Å². The number of aromatic nitrogens is 2. The first-order valence-corrected chi connectivity index (χ1v) is 6.58. The molecule has 3 heteroatoms. The van der Waals surface area contributed by atoms with Gasteiger partial charge < -0.3 is 5.11 Å². The maximum Gasteiger partial charge on any atom is 0.0923 e. The Labute approximate surface area is 114 Å². The van der Waals surface area contributed by atoms with Crippen molar-refractivity contribution >= 4 is 0 Å². The predicted molar refractivity (Wildman–Crippen MR) is 77.1 cm³/mol. The molecule has 0 bridgehead atoms. The third kappa shape index (κ3) is 3.04. The van der Waals surface area contributed by atoms with Crippen LogP contribution in [-0.2, 0) is 19.1 Å². The van der Waals surface area contributed by atoms with Gasteiger partial charge in [-0.05, 0) is 39.3 Å². The van der Waals surface area contributed by atoms with Crippen LogP contribution in [-0.4, -0.2) is 14.9 Å². The molecular formula is C16H22N2O. The van der Waals surface area contributed by atoms with E-state index in [2.05, 4.69) is 37.1 Å². The molecule has 0 saturated heterocycles. The molecule has 0 aliphatic carbocycles. The minimum absolute atomic E-state index is 0.563. The summed E-state index contributed by atoms with van der Waals surface area (Å²) in [5, 5.41) is 15.1. The Morgan fingerprint density at radius 2 is 1.68 bits per heavy atom. The van der Waals surface area contributed by atoms with E-state index in [4.69, 9.17) is 0 Å². The van der Waals surface area contributed by atoms with Crippen molar-refractivity contribution in [3.05, 3.63) is 52.3 Å². The van der Waals surface area contributed by atoms with E-state index >= 15 is 0 Å². The Morgan fingerprint density at radius 1 is 1.11 bits per heavy atom. The van der Waals surface area contributed by atoms with Crippen molar-refractivity contribution in [1.82, 2.24) is 9.78 Å². The van der Waals surface area contributed by atoms with Gasteiger partial charge in [0.25, 0.3) is 0 Å². The molecule has 3 nitrogen and oxygen atoms in total. The molecule has 1 atom stereocenters. The van der Waals surface area contributed by atoms with Gasteiger partial charge in [0.2, 0.25) is 0 Å². The zero-order chi connectivity index (χ0) is 14.2. The number of benzene rings is 1. The second kappa shape index (κ2) is 4.82. The molecule has 0 spiro atoms. The van der Waals surface area contributed by atoms with E-state index in [9.17, 15) is 5.11 Å². The molecule has 0 aliphatic heterocycles. The summed E-state index contributed by atoms with van der Waals surface area (Å²) in [4.78, 5) is 0. The van der Waals surface area contributed by atoms with E-state index in [0.29, 0.717) is 6.42 Å². The van der Waals surface area contributed by atoms with Crippen LogP contribution in [0.2, 0.25) is 0 Å². The summed E-state index contributed by atoms with van der Waals surface area (Å²) < 4.78 is 1.84. The van der Waals surface area contributed by atoms with Crippen LogP contribution in [0.3, 0.4) is 0 Å². The maximum absolute atomic E-state index is 10.8. The Morgan fingerprint density at radius 3 is 2.16 bits per heavy atom. The summed E-state index contributed by atoms with van der Waals surface area (Å²) in [6.07, 6.45) is 0.563. The van der Waals surface area contributed by atoms with Crippen LogP contribution in [0.15, 0.2) is 24.3 Å². The van der Waals surface area contributed by atoms with Crippen LogP contribution in [0.25, 0.3) is 0 Å². The van der Waals surface area contributed by atoms with Crippen LogP contribution in [0.1, 0.15) is 35.0 Å². The van der Waals surface area contributed by atoms with Crippen molar-refractivity contribution in [2.24, 2.45) is 7.05 Å². The minimum atomic E-state index is -0.878. The van der Waals surface area contributed by atoms with Gasteiger partial charge in [-0.15, -0.1) is 0 Å². The van der Waals surface area contributed by atoms with Crippen molar-refractivity contribution in [2.45, 2.75) is 39.7 Å². The summed E-state index contributed by atoms with van der Waals surface area (Å²) >= 11 is 0. The number of hydrogen-bond acceptors (Lipinski definition) is 2. The first kappa shape index (κ1) is 13.8. The van der Waals surface area contributed by atoms with Crippen molar-refractivity contribution in [3.63, 3.8) is 0 Å². The number of aliphatic hydroxyl groups is 1. The summed E-state index contributed by atoms with van der Waals surface area (Å²) in [6.45, 7) is 7.94. The fourth-order valence-corrected chi connectivity index (χ4v) is 2.57. The fourth-order valence-electron chi connectivity index (χ4n) is 2.57. The molecule has 1 heterocycles. The Hall–Kier alpha value is -1.61. The van der Waals surface area contributed by atoms with Crippen LogP contribution in [0.5, 0.6) is 0 Å². The lowest BCUT2D eigenvalue weighted by atomic mass is 9.89. The van der Waals surface area contributed by atoms with E-state index in [-0.39, 0.29) is 0 Å². The highest BCUT2D eigenvalue weighted by molar-refractivity contribution is 5.33. The van der Waals surface area contributed by atoms with Gasteiger partial charge in [-0.1, -0.05) is 29.3 Å². The van der Waals surface area contributed by atoms with Gasteiger partial charge in [-0.25, -0.2) is 0 Å². The predicted octanol–water partition coefficient (Wildman–Crippen LogP) is 2.80. The molecule has 1 N–H and O–H groups in total. The largest absolute Gasteiger partial charge is 0.385 e. The molecule has 0 aliphatic rings. The monoisotopic (exact) mass is 258 g/mol. The highest BCUT2D eigenvalue weighted by Crippen LogP contribution is 2.27. The van der Waals surface area contributed by atoms with E-state index in [1.807, 2.05) is 31.6 Å². The first-order valence-electron chi connectivity index (χ1n) is 6.58. The lowest BCUT2D eigenvalue weighted by molar-refractivity contribution is 0.0555. The van der Waals surface area contributed by atoms with Crippen molar-refractivity contribution < 1.29 is 5.11 Å². The molecular weight excluding hydrogens is 236 g/mol. The van der Waals surface area contributed by atoms with E-state index in [0.717, 1.165) is 17.0 Å². The third-order valence-corrected chi connectivity index (χ3v) is 3.47. The van der Waals surface area contributed by atoms with Gasteiger partial charge >= 0.3 is 0 Å². The zero-order valence-corrected chi connectivity index (χ0v) is 12.4. The standard InChI is InChI=1S/C16H22N2O/c1-11-6-12(2)8-14(7-11)16(4,19)10-15-9-13(3)17-18(15)5/h6-9,19H,10H2,1-5H3. The molecule has 19 heavy (non-hydrogen) atoms. The normalized spacial score (nSPS) is 14.4. The Kier molecular flexibility index (Phi) is 3.50. The summed E-state index contributed by atoms with van der Waals surface area (Å²) in [5.41, 5.74) is 4.46. The highest BCUT2D eigenvalue weighted by atomic mass is 16.3.